The fourth-order valence-corrected chi connectivity index (χ4v) is 2.15. The summed E-state index contributed by atoms with van der Waals surface area (Å²) in [6, 6.07) is 11.9. The Labute approximate surface area is 125 Å². The first kappa shape index (κ1) is 15.4. The minimum atomic E-state index is -0.254. The van der Waals surface area contributed by atoms with Gasteiger partial charge in [-0.1, -0.05) is 38.1 Å². The van der Waals surface area contributed by atoms with Gasteiger partial charge < -0.3 is 9.47 Å². The molecule has 0 N–H and O–H groups in total. The molecule has 0 aliphatic rings. The standard InChI is InChI=1S/C18H22O3/c1-12(2)11-21-18(19)13(3)14-5-6-16-10-17(20-4)8-7-15(16)9-14/h5-10,12-13H,11H2,1-4H3/t13-/m1/s1. The number of ether oxygens (including phenoxy) is 2. The first-order chi connectivity index (χ1) is 10.0. The summed E-state index contributed by atoms with van der Waals surface area (Å²) in [6.07, 6.45) is 0. The van der Waals surface area contributed by atoms with Crippen molar-refractivity contribution in [3.8, 4) is 5.75 Å². The molecular formula is C18H22O3. The van der Waals surface area contributed by atoms with Gasteiger partial charge in [0, 0.05) is 0 Å². The van der Waals surface area contributed by atoms with Gasteiger partial charge in [-0.15, -0.1) is 0 Å². The summed E-state index contributed by atoms with van der Waals surface area (Å²) < 4.78 is 10.5. The molecule has 0 radical (unpaired) electrons. The van der Waals surface area contributed by atoms with Crippen molar-refractivity contribution in [1.82, 2.24) is 0 Å². The van der Waals surface area contributed by atoms with E-state index in [4.69, 9.17) is 9.47 Å². The van der Waals surface area contributed by atoms with Crippen molar-refractivity contribution in [2.75, 3.05) is 13.7 Å². The van der Waals surface area contributed by atoms with Gasteiger partial charge in [-0.05, 0) is 41.3 Å². The normalized spacial score (nSPS) is 12.4. The number of esters is 1. The molecule has 21 heavy (non-hydrogen) atoms. The van der Waals surface area contributed by atoms with Crippen LogP contribution in [-0.4, -0.2) is 19.7 Å². The van der Waals surface area contributed by atoms with Crippen LogP contribution >= 0.6 is 0 Å². The largest absolute Gasteiger partial charge is 0.497 e. The molecule has 0 bridgehead atoms. The maximum atomic E-state index is 12.0. The van der Waals surface area contributed by atoms with Crippen LogP contribution < -0.4 is 4.74 Å². The van der Waals surface area contributed by atoms with Crippen molar-refractivity contribution in [1.29, 1.82) is 0 Å². The first-order valence-corrected chi connectivity index (χ1v) is 7.25. The zero-order valence-electron chi connectivity index (χ0n) is 13.1. The summed E-state index contributed by atoms with van der Waals surface area (Å²) in [5, 5.41) is 2.19. The Balaban J connectivity index is 2.20. The molecular weight excluding hydrogens is 264 g/mol. The molecule has 0 aliphatic carbocycles. The van der Waals surface area contributed by atoms with Crippen molar-refractivity contribution < 1.29 is 14.3 Å². The Morgan fingerprint density at radius 2 is 1.71 bits per heavy atom. The van der Waals surface area contributed by atoms with Crippen molar-refractivity contribution in [3.63, 3.8) is 0 Å². The Hall–Kier alpha value is -2.03. The van der Waals surface area contributed by atoms with Crippen LogP contribution in [-0.2, 0) is 9.53 Å². The second kappa shape index (κ2) is 6.61. The van der Waals surface area contributed by atoms with E-state index in [9.17, 15) is 4.79 Å². The molecule has 3 nitrogen and oxygen atoms in total. The lowest BCUT2D eigenvalue weighted by molar-refractivity contribution is -0.146. The van der Waals surface area contributed by atoms with E-state index in [1.807, 2.05) is 57.2 Å². The fourth-order valence-electron chi connectivity index (χ4n) is 2.15. The third-order valence-electron chi connectivity index (χ3n) is 3.48. The number of fused-ring (bicyclic) bond motifs is 1. The Kier molecular flexibility index (Phi) is 4.84. The molecule has 2 rings (SSSR count). The van der Waals surface area contributed by atoms with Gasteiger partial charge in [0.1, 0.15) is 5.75 Å². The maximum absolute atomic E-state index is 12.0. The predicted molar refractivity (Wildman–Crippen MR) is 84.7 cm³/mol. The van der Waals surface area contributed by atoms with E-state index < -0.39 is 0 Å². The van der Waals surface area contributed by atoms with E-state index >= 15 is 0 Å². The zero-order chi connectivity index (χ0) is 15.4. The number of carbonyl (C=O) groups is 1. The van der Waals surface area contributed by atoms with Crippen molar-refractivity contribution in [3.05, 3.63) is 42.0 Å². The second-order valence-electron chi connectivity index (χ2n) is 5.72. The molecule has 0 saturated heterocycles. The maximum Gasteiger partial charge on any atom is 0.313 e. The molecule has 2 aromatic carbocycles. The molecule has 0 aliphatic heterocycles. The summed E-state index contributed by atoms with van der Waals surface area (Å²) in [5.74, 6) is 0.761. The zero-order valence-corrected chi connectivity index (χ0v) is 13.1. The number of hydrogen-bond acceptors (Lipinski definition) is 3. The molecule has 0 fully saturated rings. The van der Waals surface area contributed by atoms with Crippen LogP contribution in [0.3, 0.4) is 0 Å². The van der Waals surface area contributed by atoms with E-state index in [1.54, 1.807) is 7.11 Å². The summed E-state index contributed by atoms with van der Waals surface area (Å²) >= 11 is 0. The van der Waals surface area contributed by atoms with E-state index in [0.717, 1.165) is 22.1 Å². The number of methoxy groups -OCH3 is 1. The SMILES string of the molecule is COc1ccc2cc([C@@H](C)C(=O)OCC(C)C)ccc2c1. The van der Waals surface area contributed by atoms with Crippen LogP contribution in [0.1, 0.15) is 32.3 Å². The predicted octanol–water partition coefficient (Wildman–Crippen LogP) is 4.15. The first-order valence-electron chi connectivity index (χ1n) is 7.25. The van der Waals surface area contributed by atoms with Gasteiger partial charge in [0.05, 0.1) is 19.6 Å². The molecule has 3 heteroatoms. The van der Waals surface area contributed by atoms with E-state index in [0.29, 0.717) is 12.5 Å². The molecule has 0 aromatic heterocycles. The number of carbonyl (C=O) groups excluding carboxylic acids is 1. The van der Waals surface area contributed by atoms with E-state index in [-0.39, 0.29) is 11.9 Å². The van der Waals surface area contributed by atoms with Gasteiger partial charge in [0.25, 0.3) is 0 Å². The van der Waals surface area contributed by atoms with Crippen LogP contribution in [0, 0.1) is 5.92 Å². The third kappa shape index (κ3) is 3.75. The lowest BCUT2D eigenvalue weighted by Crippen LogP contribution is -2.16. The van der Waals surface area contributed by atoms with E-state index in [1.165, 1.54) is 0 Å². The fraction of sp³-hybridized carbons (Fsp3) is 0.389. The summed E-state index contributed by atoms with van der Waals surface area (Å²) in [7, 11) is 1.66. The van der Waals surface area contributed by atoms with Crippen molar-refractivity contribution in [2.45, 2.75) is 26.7 Å². The van der Waals surface area contributed by atoms with Gasteiger partial charge in [0.2, 0.25) is 0 Å². The Morgan fingerprint density at radius 1 is 1.05 bits per heavy atom. The quantitative estimate of drug-likeness (QED) is 0.774. The smallest absolute Gasteiger partial charge is 0.313 e. The highest BCUT2D eigenvalue weighted by Gasteiger charge is 2.17. The average Bonchev–Trinajstić information content (AvgIpc) is 2.50. The van der Waals surface area contributed by atoms with Crippen LogP contribution in [0.2, 0.25) is 0 Å². The molecule has 0 amide bonds. The van der Waals surface area contributed by atoms with Crippen molar-refractivity contribution in [2.24, 2.45) is 5.92 Å². The molecule has 1 atom stereocenters. The number of rotatable bonds is 5. The minimum Gasteiger partial charge on any atom is -0.497 e. The van der Waals surface area contributed by atoms with Gasteiger partial charge in [-0.3, -0.25) is 4.79 Å². The summed E-state index contributed by atoms with van der Waals surface area (Å²) in [6.45, 7) is 6.41. The summed E-state index contributed by atoms with van der Waals surface area (Å²) in [4.78, 5) is 12.0. The molecule has 112 valence electrons. The third-order valence-corrected chi connectivity index (χ3v) is 3.48. The highest BCUT2D eigenvalue weighted by molar-refractivity contribution is 5.86. The number of benzene rings is 2. The summed E-state index contributed by atoms with van der Waals surface area (Å²) in [5.41, 5.74) is 0.974. The van der Waals surface area contributed by atoms with E-state index in [2.05, 4.69) is 0 Å². The second-order valence-corrected chi connectivity index (χ2v) is 5.72. The highest BCUT2D eigenvalue weighted by atomic mass is 16.5. The Morgan fingerprint density at radius 3 is 2.38 bits per heavy atom. The lowest BCUT2D eigenvalue weighted by Gasteiger charge is -2.14. The monoisotopic (exact) mass is 286 g/mol. The molecule has 0 heterocycles. The van der Waals surface area contributed by atoms with Crippen LogP contribution in [0.4, 0.5) is 0 Å². The van der Waals surface area contributed by atoms with Crippen LogP contribution in [0.25, 0.3) is 10.8 Å². The number of hydrogen-bond donors (Lipinski definition) is 0. The van der Waals surface area contributed by atoms with Gasteiger partial charge >= 0.3 is 5.97 Å². The Bertz CT molecular complexity index is 631. The molecule has 0 spiro atoms. The molecule has 0 saturated carbocycles. The topological polar surface area (TPSA) is 35.5 Å². The van der Waals surface area contributed by atoms with Gasteiger partial charge in [0.15, 0.2) is 0 Å². The lowest BCUT2D eigenvalue weighted by atomic mass is 9.98. The van der Waals surface area contributed by atoms with Crippen molar-refractivity contribution >= 4 is 16.7 Å². The minimum absolute atomic E-state index is 0.170. The van der Waals surface area contributed by atoms with Crippen LogP contribution in [0.15, 0.2) is 36.4 Å². The molecule has 2 aromatic rings. The van der Waals surface area contributed by atoms with Gasteiger partial charge in [-0.25, -0.2) is 0 Å². The molecule has 0 unspecified atom stereocenters. The average molecular weight is 286 g/mol. The van der Waals surface area contributed by atoms with Crippen LogP contribution in [0.5, 0.6) is 5.75 Å². The highest BCUT2D eigenvalue weighted by Crippen LogP contribution is 2.25. The van der Waals surface area contributed by atoms with Gasteiger partial charge in [-0.2, -0.15) is 0 Å².